The van der Waals surface area contributed by atoms with Gasteiger partial charge in [-0.05, 0) is 48.7 Å². The van der Waals surface area contributed by atoms with Gasteiger partial charge < -0.3 is 10.6 Å². The van der Waals surface area contributed by atoms with E-state index in [0.29, 0.717) is 35.2 Å². The van der Waals surface area contributed by atoms with Crippen LogP contribution in [0.3, 0.4) is 0 Å². The number of primary amides is 1. The SMILES string of the molecule is NC(=O)c1cc2cc(F)ccc2nc1C1CCCN(C(=O)Cc2ccccc2F)C1. The second-order valence-corrected chi connectivity index (χ2v) is 7.57. The first-order valence-corrected chi connectivity index (χ1v) is 9.83. The maximum Gasteiger partial charge on any atom is 0.250 e. The molecule has 2 amide bonds. The molecule has 1 aromatic heterocycles. The highest BCUT2D eigenvalue weighted by atomic mass is 19.1. The van der Waals surface area contributed by atoms with Crippen molar-refractivity contribution >= 4 is 22.7 Å². The van der Waals surface area contributed by atoms with Crippen molar-refractivity contribution in [1.82, 2.24) is 9.88 Å². The zero-order valence-corrected chi connectivity index (χ0v) is 16.3. The Morgan fingerprint density at radius 3 is 2.70 bits per heavy atom. The Morgan fingerprint density at radius 2 is 1.93 bits per heavy atom. The Kier molecular flexibility index (Phi) is 5.44. The summed E-state index contributed by atoms with van der Waals surface area (Å²) in [6.07, 6.45) is 1.45. The molecule has 1 aliphatic heterocycles. The van der Waals surface area contributed by atoms with E-state index >= 15 is 0 Å². The molecule has 1 fully saturated rings. The van der Waals surface area contributed by atoms with Crippen molar-refractivity contribution in [2.24, 2.45) is 5.73 Å². The monoisotopic (exact) mass is 409 g/mol. The van der Waals surface area contributed by atoms with Gasteiger partial charge in [-0.3, -0.25) is 14.6 Å². The summed E-state index contributed by atoms with van der Waals surface area (Å²) < 4.78 is 27.5. The van der Waals surface area contributed by atoms with Gasteiger partial charge in [-0.1, -0.05) is 18.2 Å². The molecule has 0 spiro atoms. The highest BCUT2D eigenvalue weighted by molar-refractivity contribution is 5.98. The van der Waals surface area contributed by atoms with Crippen LogP contribution in [0.1, 0.15) is 40.4 Å². The first-order valence-electron chi connectivity index (χ1n) is 9.83. The molecule has 7 heteroatoms. The van der Waals surface area contributed by atoms with Crippen molar-refractivity contribution in [2.45, 2.75) is 25.2 Å². The van der Waals surface area contributed by atoms with E-state index in [0.717, 1.165) is 12.8 Å². The minimum atomic E-state index is -0.640. The van der Waals surface area contributed by atoms with Gasteiger partial charge in [0.15, 0.2) is 0 Å². The van der Waals surface area contributed by atoms with Crippen molar-refractivity contribution in [3.05, 3.63) is 77.0 Å². The lowest BCUT2D eigenvalue weighted by Crippen LogP contribution is -2.40. The van der Waals surface area contributed by atoms with Gasteiger partial charge in [0.1, 0.15) is 11.6 Å². The minimum absolute atomic E-state index is 0.0213. The number of benzene rings is 2. The van der Waals surface area contributed by atoms with E-state index in [1.165, 1.54) is 18.2 Å². The summed E-state index contributed by atoms with van der Waals surface area (Å²) in [7, 11) is 0. The van der Waals surface area contributed by atoms with E-state index in [9.17, 15) is 18.4 Å². The Labute approximate surface area is 172 Å². The number of halogens is 2. The molecule has 0 saturated carbocycles. The average Bonchev–Trinajstić information content (AvgIpc) is 2.74. The third kappa shape index (κ3) is 4.01. The third-order valence-electron chi connectivity index (χ3n) is 5.53. The van der Waals surface area contributed by atoms with Gasteiger partial charge in [0.05, 0.1) is 23.2 Å². The average molecular weight is 409 g/mol. The third-order valence-corrected chi connectivity index (χ3v) is 5.53. The molecule has 2 aromatic carbocycles. The molecule has 1 unspecified atom stereocenters. The number of amides is 2. The number of nitrogens with two attached hydrogens (primary N) is 1. The molecular weight excluding hydrogens is 388 g/mol. The zero-order chi connectivity index (χ0) is 21.3. The summed E-state index contributed by atoms with van der Waals surface area (Å²) in [5.74, 6) is -1.82. The number of likely N-dealkylation sites (tertiary alicyclic amines) is 1. The van der Waals surface area contributed by atoms with Gasteiger partial charge in [-0.25, -0.2) is 8.78 Å². The van der Waals surface area contributed by atoms with Crippen LogP contribution in [0.2, 0.25) is 0 Å². The summed E-state index contributed by atoms with van der Waals surface area (Å²) in [4.78, 5) is 31.1. The standard InChI is InChI=1S/C23H21F2N3O2/c24-17-7-8-20-16(10-17)11-18(23(26)30)22(27-20)15-5-3-9-28(13-15)21(29)12-14-4-1-2-6-19(14)25/h1-2,4,6-8,10-11,15H,3,5,9,12-13H2,(H2,26,30). The first kappa shape index (κ1) is 19.9. The molecule has 0 bridgehead atoms. The predicted molar refractivity (Wildman–Crippen MR) is 109 cm³/mol. The normalized spacial score (nSPS) is 16.6. The van der Waals surface area contributed by atoms with Crippen LogP contribution in [0.5, 0.6) is 0 Å². The van der Waals surface area contributed by atoms with Crippen LogP contribution in [0.25, 0.3) is 10.9 Å². The Hall–Kier alpha value is -3.35. The van der Waals surface area contributed by atoms with Crippen LogP contribution in [0.15, 0.2) is 48.5 Å². The minimum Gasteiger partial charge on any atom is -0.366 e. The fourth-order valence-corrected chi connectivity index (χ4v) is 4.01. The Balaban J connectivity index is 1.61. The van der Waals surface area contributed by atoms with Crippen LogP contribution in [0.4, 0.5) is 8.78 Å². The number of nitrogens with zero attached hydrogens (tertiary/aromatic N) is 2. The van der Waals surface area contributed by atoms with Crippen molar-refractivity contribution < 1.29 is 18.4 Å². The first-order chi connectivity index (χ1) is 14.4. The van der Waals surface area contributed by atoms with E-state index in [1.54, 1.807) is 35.2 Å². The molecule has 30 heavy (non-hydrogen) atoms. The van der Waals surface area contributed by atoms with Crippen molar-refractivity contribution in [3.8, 4) is 0 Å². The van der Waals surface area contributed by atoms with Crippen molar-refractivity contribution in [1.29, 1.82) is 0 Å². The van der Waals surface area contributed by atoms with Crippen LogP contribution < -0.4 is 5.73 Å². The molecule has 5 nitrogen and oxygen atoms in total. The van der Waals surface area contributed by atoms with Gasteiger partial charge in [0, 0.05) is 24.4 Å². The number of pyridine rings is 1. The molecule has 1 atom stereocenters. The highest BCUT2D eigenvalue weighted by Crippen LogP contribution is 2.30. The second kappa shape index (κ2) is 8.18. The number of fused-ring (bicyclic) bond motifs is 1. The van der Waals surface area contributed by atoms with Gasteiger partial charge in [0.25, 0.3) is 5.91 Å². The van der Waals surface area contributed by atoms with Crippen LogP contribution >= 0.6 is 0 Å². The maximum atomic E-state index is 13.9. The van der Waals surface area contributed by atoms with E-state index in [4.69, 9.17) is 5.73 Å². The fourth-order valence-electron chi connectivity index (χ4n) is 4.01. The quantitative estimate of drug-likeness (QED) is 0.716. The van der Waals surface area contributed by atoms with E-state index in [2.05, 4.69) is 4.98 Å². The summed E-state index contributed by atoms with van der Waals surface area (Å²) in [6, 6.07) is 12.0. The van der Waals surface area contributed by atoms with E-state index in [-0.39, 0.29) is 23.8 Å². The lowest BCUT2D eigenvalue weighted by atomic mass is 9.90. The maximum absolute atomic E-state index is 13.9. The summed E-state index contributed by atoms with van der Waals surface area (Å²) in [5, 5.41) is 0.496. The zero-order valence-electron chi connectivity index (χ0n) is 16.3. The van der Waals surface area contributed by atoms with Crippen LogP contribution in [-0.4, -0.2) is 34.8 Å². The largest absolute Gasteiger partial charge is 0.366 e. The van der Waals surface area contributed by atoms with Gasteiger partial charge in [-0.15, -0.1) is 0 Å². The molecule has 4 rings (SSSR count). The molecule has 154 valence electrons. The number of rotatable bonds is 4. The van der Waals surface area contributed by atoms with Gasteiger partial charge in [0.2, 0.25) is 5.91 Å². The number of piperidine rings is 1. The van der Waals surface area contributed by atoms with Crippen LogP contribution in [-0.2, 0) is 11.2 Å². The molecule has 3 aromatic rings. The topological polar surface area (TPSA) is 76.3 Å². The lowest BCUT2D eigenvalue weighted by Gasteiger charge is -2.33. The number of hydrogen-bond acceptors (Lipinski definition) is 3. The predicted octanol–water partition coefficient (Wildman–Crippen LogP) is 3.56. The Bertz CT molecular complexity index is 1130. The molecule has 2 heterocycles. The lowest BCUT2D eigenvalue weighted by molar-refractivity contribution is -0.131. The number of carbonyl (C=O) groups is 2. The highest BCUT2D eigenvalue weighted by Gasteiger charge is 2.29. The van der Waals surface area contributed by atoms with Crippen LogP contribution in [0, 0.1) is 11.6 Å². The fraction of sp³-hybridized carbons (Fsp3) is 0.261. The molecule has 2 N–H and O–H groups in total. The van der Waals surface area contributed by atoms with E-state index in [1.807, 2.05) is 0 Å². The number of hydrogen-bond donors (Lipinski definition) is 1. The van der Waals surface area contributed by atoms with Gasteiger partial charge in [-0.2, -0.15) is 0 Å². The molecular formula is C23H21F2N3O2. The van der Waals surface area contributed by atoms with Crippen molar-refractivity contribution in [2.75, 3.05) is 13.1 Å². The number of carbonyl (C=O) groups excluding carboxylic acids is 2. The summed E-state index contributed by atoms with van der Waals surface area (Å²) >= 11 is 0. The number of aromatic nitrogens is 1. The summed E-state index contributed by atoms with van der Waals surface area (Å²) in [6.45, 7) is 0.932. The molecule has 0 aliphatic carbocycles. The van der Waals surface area contributed by atoms with Crippen molar-refractivity contribution in [3.63, 3.8) is 0 Å². The summed E-state index contributed by atoms with van der Waals surface area (Å²) in [5.41, 5.74) is 7.24. The van der Waals surface area contributed by atoms with Gasteiger partial charge >= 0.3 is 0 Å². The van der Waals surface area contributed by atoms with E-state index < -0.39 is 17.5 Å². The Morgan fingerprint density at radius 1 is 1.13 bits per heavy atom. The smallest absolute Gasteiger partial charge is 0.250 e. The molecule has 1 aliphatic rings. The molecule has 0 radical (unpaired) electrons. The second-order valence-electron chi connectivity index (χ2n) is 7.57. The molecule has 1 saturated heterocycles.